The molecule has 3 N–H and O–H groups in total. The largest absolute Gasteiger partial charge is 0.469 e. The molecule has 188 valence electrons. The number of aromatic nitrogens is 2. The van der Waals surface area contributed by atoms with Crippen LogP contribution in [0.1, 0.15) is 37.3 Å². The van der Waals surface area contributed by atoms with Gasteiger partial charge in [0.2, 0.25) is 17.8 Å². The average molecular weight is 490 g/mol. The van der Waals surface area contributed by atoms with E-state index in [1.165, 1.54) is 7.11 Å². The van der Waals surface area contributed by atoms with Crippen LogP contribution in [0.5, 0.6) is 0 Å². The molecule has 1 aromatic heterocycles. The molecule has 0 radical (unpaired) electrons. The van der Waals surface area contributed by atoms with Gasteiger partial charge in [0.15, 0.2) is 0 Å². The molecule has 0 aliphatic heterocycles. The predicted molar refractivity (Wildman–Crippen MR) is 137 cm³/mol. The van der Waals surface area contributed by atoms with Crippen molar-refractivity contribution in [1.82, 2.24) is 20.6 Å². The van der Waals surface area contributed by atoms with Gasteiger partial charge in [-0.15, -0.1) is 0 Å². The number of ether oxygens (including phenoxy) is 1. The summed E-state index contributed by atoms with van der Waals surface area (Å²) in [6, 6.07) is 18.7. The van der Waals surface area contributed by atoms with E-state index < -0.39 is 12.0 Å². The van der Waals surface area contributed by atoms with Gasteiger partial charge in [-0.2, -0.15) is 0 Å². The maximum atomic E-state index is 12.5. The van der Waals surface area contributed by atoms with E-state index in [0.29, 0.717) is 25.3 Å². The highest BCUT2D eigenvalue weighted by Gasteiger charge is 2.19. The lowest BCUT2D eigenvalue weighted by Crippen LogP contribution is -2.39. The third kappa shape index (κ3) is 8.83. The molecule has 3 rings (SSSR count). The monoisotopic (exact) mass is 489 g/mol. The fourth-order valence-corrected chi connectivity index (χ4v) is 3.55. The molecule has 0 aliphatic carbocycles. The molecule has 0 saturated heterocycles. The topological polar surface area (TPSA) is 122 Å². The minimum Gasteiger partial charge on any atom is -0.469 e. The van der Waals surface area contributed by atoms with E-state index >= 15 is 0 Å². The number of nitrogens with zero attached hydrogens (tertiary/aromatic N) is 2. The first-order valence-electron chi connectivity index (χ1n) is 11.8. The summed E-state index contributed by atoms with van der Waals surface area (Å²) in [5, 5.41) is 8.55. The molecule has 1 atom stereocenters. The molecule has 0 bridgehead atoms. The number of hydrogen-bond acceptors (Lipinski definition) is 7. The number of hydrogen-bond donors (Lipinski definition) is 3. The van der Waals surface area contributed by atoms with Gasteiger partial charge in [-0.1, -0.05) is 54.6 Å². The number of anilines is 1. The summed E-state index contributed by atoms with van der Waals surface area (Å²) in [6.45, 7) is 0.477. The van der Waals surface area contributed by atoms with Crippen molar-refractivity contribution in [2.24, 2.45) is 0 Å². The van der Waals surface area contributed by atoms with E-state index in [9.17, 15) is 14.4 Å². The SMILES string of the molecule is COC(=O)CC(NC(=O)CNC(=O)CCCCNc1ncccn1)c1ccc(-c2ccccc2)cc1. The van der Waals surface area contributed by atoms with Crippen molar-refractivity contribution in [3.8, 4) is 11.1 Å². The first-order valence-corrected chi connectivity index (χ1v) is 11.8. The maximum absolute atomic E-state index is 12.5. The average Bonchev–Trinajstić information content (AvgIpc) is 2.92. The minimum atomic E-state index is -0.571. The number of esters is 1. The number of nitrogens with one attached hydrogen (secondary N) is 3. The molecule has 3 aromatic rings. The summed E-state index contributed by atoms with van der Waals surface area (Å²) in [5.74, 6) is -0.481. The van der Waals surface area contributed by atoms with E-state index in [-0.39, 0.29) is 24.8 Å². The Morgan fingerprint density at radius 2 is 1.56 bits per heavy atom. The molecule has 0 saturated carbocycles. The van der Waals surface area contributed by atoms with Crippen LogP contribution in [0.15, 0.2) is 73.1 Å². The highest BCUT2D eigenvalue weighted by Crippen LogP contribution is 2.23. The van der Waals surface area contributed by atoms with Gasteiger partial charge in [-0.25, -0.2) is 9.97 Å². The van der Waals surface area contributed by atoms with Gasteiger partial charge in [0.25, 0.3) is 0 Å². The summed E-state index contributed by atoms with van der Waals surface area (Å²) >= 11 is 0. The van der Waals surface area contributed by atoms with Crippen LogP contribution in [0.4, 0.5) is 5.95 Å². The first kappa shape index (κ1) is 26.3. The standard InChI is InChI=1S/C27H31N5O4/c1-36-26(35)18-23(22-13-11-21(12-14-22)20-8-3-2-4-9-20)32-25(34)19-31-24(33)10-5-6-15-28-27-29-16-7-17-30-27/h2-4,7-9,11-14,16-17,23H,5-6,10,15,18-19H2,1H3,(H,31,33)(H,32,34)(H,28,29,30). The lowest BCUT2D eigenvalue weighted by Gasteiger charge is -2.19. The summed E-state index contributed by atoms with van der Waals surface area (Å²) in [6.07, 6.45) is 5.02. The predicted octanol–water partition coefficient (Wildman–Crippen LogP) is 3.26. The Labute approximate surface area is 210 Å². The van der Waals surface area contributed by atoms with Crippen LogP contribution < -0.4 is 16.0 Å². The molecule has 2 amide bonds. The van der Waals surface area contributed by atoms with Crippen LogP contribution >= 0.6 is 0 Å². The van der Waals surface area contributed by atoms with E-state index in [1.807, 2.05) is 54.6 Å². The van der Waals surface area contributed by atoms with Crippen LogP contribution in [0.2, 0.25) is 0 Å². The fourth-order valence-electron chi connectivity index (χ4n) is 3.55. The number of benzene rings is 2. The first-order chi connectivity index (χ1) is 17.5. The van der Waals surface area contributed by atoms with Gasteiger partial charge in [-0.05, 0) is 35.6 Å². The molecular weight excluding hydrogens is 458 g/mol. The van der Waals surface area contributed by atoms with E-state index in [2.05, 4.69) is 25.9 Å². The van der Waals surface area contributed by atoms with Crippen LogP contribution in [0.3, 0.4) is 0 Å². The van der Waals surface area contributed by atoms with Crippen molar-refractivity contribution < 1.29 is 19.1 Å². The van der Waals surface area contributed by atoms with Gasteiger partial charge in [0, 0.05) is 25.4 Å². The van der Waals surface area contributed by atoms with Crippen LogP contribution in [-0.2, 0) is 19.1 Å². The van der Waals surface area contributed by atoms with Crippen LogP contribution in [0.25, 0.3) is 11.1 Å². The molecule has 1 unspecified atom stereocenters. The quantitative estimate of drug-likeness (QED) is 0.249. The van der Waals surface area contributed by atoms with Gasteiger partial charge in [0.1, 0.15) is 0 Å². The molecular formula is C27H31N5O4. The third-order valence-corrected chi connectivity index (χ3v) is 5.48. The third-order valence-electron chi connectivity index (χ3n) is 5.48. The molecule has 9 heteroatoms. The number of unbranched alkanes of at least 4 members (excludes halogenated alkanes) is 1. The summed E-state index contributed by atoms with van der Waals surface area (Å²) in [7, 11) is 1.31. The Hall–Kier alpha value is -4.27. The van der Waals surface area contributed by atoms with E-state index in [1.54, 1.807) is 18.5 Å². The number of methoxy groups -OCH3 is 1. The Morgan fingerprint density at radius 3 is 2.25 bits per heavy atom. The Morgan fingerprint density at radius 1 is 0.861 bits per heavy atom. The van der Waals surface area contributed by atoms with Crippen molar-refractivity contribution >= 4 is 23.7 Å². The van der Waals surface area contributed by atoms with Crippen molar-refractivity contribution in [3.05, 3.63) is 78.6 Å². The van der Waals surface area contributed by atoms with Crippen LogP contribution in [-0.4, -0.2) is 48.0 Å². The van der Waals surface area contributed by atoms with Gasteiger partial charge < -0.3 is 20.7 Å². The zero-order chi connectivity index (χ0) is 25.6. The minimum absolute atomic E-state index is 0.0149. The lowest BCUT2D eigenvalue weighted by molar-refractivity contribution is -0.141. The van der Waals surface area contributed by atoms with E-state index in [0.717, 1.165) is 23.1 Å². The van der Waals surface area contributed by atoms with Crippen molar-refractivity contribution in [2.45, 2.75) is 31.7 Å². The Bertz CT molecular complexity index is 1110. The second-order valence-electron chi connectivity index (χ2n) is 8.12. The van der Waals surface area contributed by atoms with E-state index in [4.69, 9.17) is 4.74 Å². The van der Waals surface area contributed by atoms with Crippen molar-refractivity contribution in [3.63, 3.8) is 0 Å². The second-order valence-corrected chi connectivity index (χ2v) is 8.12. The second kappa shape index (κ2) is 14.2. The van der Waals surface area contributed by atoms with Gasteiger partial charge >= 0.3 is 5.97 Å². The molecule has 1 heterocycles. The highest BCUT2D eigenvalue weighted by atomic mass is 16.5. The lowest BCUT2D eigenvalue weighted by atomic mass is 9.99. The number of carbonyl (C=O) groups is 3. The zero-order valence-electron chi connectivity index (χ0n) is 20.3. The van der Waals surface area contributed by atoms with Gasteiger partial charge in [0.05, 0.1) is 26.1 Å². The Balaban J connectivity index is 1.45. The highest BCUT2D eigenvalue weighted by molar-refractivity contribution is 5.85. The normalized spacial score (nSPS) is 11.2. The maximum Gasteiger partial charge on any atom is 0.307 e. The summed E-state index contributed by atoms with van der Waals surface area (Å²) in [5.41, 5.74) is 2.88. The number of amides is 2. The van der Waals surface area contributed by atoms with Crippen LogP contribution in [0, 0.1) is 0 Å². The smallest absolute Gasteiger partial charge is 0.307 e. The molecule has 0 fully saturated rings. The van der Waals surface area contributed by atoms with Gasteiger partial charge in [-0.3, -0.25) is 14.4 Å². The van der Waals surface area contributed by atoms with Crippen molar-refractivity contribution in [1.29, 1.82) is 0 Å². The molecule has 9 nitrogen and oxygen atoms in total. The number of carbonyl (C=O) groups excluding carboxylic acids is 3. The summed E-state index contributed by atoms with van der Waals surface area (Å²) < 4.78 is 4.79. The molecule has 2 aromatic carbocycles. The Kier molecular flexibility index (Phi) is 10.4. The number of rotatable bonds is 13. The zero-order valence-corrected chi connectivity index (χ0v) is 20.3. The molecule has 36 heavy (non-hydrogen) atoms. The summed E-state index contributed by atoms with van der Waals surface area (Å²) in [4.78, 5) is 44.7. The fraction of sp³-hybridized carbons (Fsp3) is 0.296. The van der Waals surface area contributed by atoms with Crippen molar-refractivity contribution in [2.75, 3.05) is 25.5 Å². The molecule has 0 spiro atoms. The molecule has 0 aliphatic rings.